The molecule has 0 aromatic carbocycles. The number of sulfone groups is 1. The third-order valence-electron chi connectivity index (χ3n) is 3.78. The Morgan fingerprint density at radius 2 is 1.83 bits per heavy atom. The van der Waals surface area contributed by atoms with E-state index in [-0.39, 0.29) is 15.9 Å². The molecule has 126 valence electrons. The number of hydrogen-bond acceptors (Lipinski definition) is 7. The zero-order valence-corrected chi connectivity index (χ0v) is 14.9. The molecular formula is C14H20ClN5O2S. The van der Waals surface area contributed by atoms with Gasteiger partial charge in [0.25, 0.3) is 0 Å². The first-order valence-corrected chi connectivity index (χ1v) is 9.84. The maximum atomic E-state index is 11.7. The maximum absolute atomic E-state index is 11.7. The lowest BCUT2D eigenvalue weighted by molar-refractivity contribution is 0.462. The molecule has 3 heterocycles. The van der Waals surface area contributed by atoms with Crippen molar-refractivity contribution >= 4 is 27.3 Å². The molecule has 2 aliphatic heterocycles. The largest absolute Gasteiger partial charge is 0.352 e. The zero-order valence-electron chi connectivity index (χ0n) is 13.4. The molecule has 2 bridgehead atoms. The van der Waals surface area contributed by atoms with Gasteiger partial charge >= 0.3 is 0 Å². The summed E-state index contributed by atoms with van der Waals surface area (Å²) in [5.74, 6) is 0.316. The number of nitriles is 1. The molecule has 1 aromatic rings. The average molecular weight is 358 g/mol. The van der Waals surface area contributed by atoms with Crippen LogP contribution >= 0.6 is 11.6 Å². The van der Waals surface area contributed by atoms with Crippen LogP contribution in [0.4, 0.5) is 5.82 Å². The smallest absolute Gasteiger partial charge is 0.250 e. The van der Waals surface area contributed by atoms with E-state index >= 15 is 0 Å². The molecule has 0 spiro atoms. The number of rotatable bonds is 2. The van der Waals surface area contributed by atoms with Crippen molar-refractivity contribution in [1.82, 2.24) is 15.3 Å². The highest BCUT2D eigenvalue weighted by Crippen LogP contribution is 2.29. The Morgan fingerprint density at radius 3 is 2.30 bits per heavy atom. The number of nitrogens with zero attached hydrogens (tertiary/aromatic N) is 4. The SMILES string of the molecule is CC.CS(=O)(=O)c1nc(Cl)c(C#N)c(N2CC3CC[C@H](C2)N3)n1. The molecule has 7 nitrogen and oxygen atoms in total. The van der Waals surface area contributed by atoms with Crippen molar-refractivity contribution in [2.45, 2.75) is 43.9 Å². The van der Waals surface area contributed by atoms with E-state index in [0.717, 1.165) is 19.1 Å². The summed E-state index contributed by atoms with van der Waals surface area (Å²) in [4.78, 5) is 9.74. The lowest BCUT2D eigenvalue weighted by Crippen LogP contribution is -2.51. The molecule has 9 heteroatoms. The van der Waals surface area contributed by atoms with Gasteiger partial charge in [0.05, 0.1) is 0 Å². The molecule has 0 aliphatic carbocycles. The second-order valence-electron chi connectivity index (χ2n) is 5.42. The number of anilines is 1. The Hall–Kier alpha value is -1.43. The highest BCUT2D eigenvalue weighted by atomic mass is 35.5. The molecule has 0 saturated carbocycles. The van der Waals surface area contributed by atoms with E-state index in [2.05, 4.69) is 15.3 Å². The van der Waals surface area contributed by atoms with Crippen LogP contribution < -0.4 is 10.2 Å². The average Bonchev–Trinajstić information content (AvgIpc) is 2.86. The van der Waals surface area contributed by atoms with Gasteiger partial charge in [0.1, 0.15) is 11.6 Å². The fourth-order valence-electron chi connectivity index (χ4n) is 2.86. The normalized spacial score (nSPS) is 23.0. The standard InChI is InChI=1S/C12H14ClN5O2S.C2H6/c1-21(19,20)12-16-10(13)9(4-14)11(17-12)18-5-7-2-3-8(6-18)15-7;1-2/h7-8,15H,2-3,5-6H2,1H3;1-2H3/t7-,8?;/m1./s1. The summed E-state index contributed by atoms with van der Waals surface area (Å²) in [7, 11) is -3.58. The summed E-state index contributed by atoms with van der Waals surface area (Å²) < 4.78 is 23.3. The van der Waals surface area contributed by atoms with E-state index in [9.17, 15) is 13.7 Å². The van der Waals surface area contributed by atoms with Crippen LogP contribution in [0.1, 0.15) is 32.3 Å². The van der Waals surface area contributed by atoms with Gasteiger partial charge in [-0.25, -0.2) is 13.4 Å². The number of nitrogens with one attached hydrogen (secondary N) is 1. The molecule has 0 radical (unpaired) electrons. The van der Waals surface area contributed by atoms with Gasteiger partial charge in [-0.1, -0.05) is 25.4 Å². The number of fused-ring (bicyclic) bond motifs is 2. The molecule has 23 heavy (non-hydrogen) atoms. The molecule has 0 amide bonds. The Balaban J connectivity index is 0.000000924. The zero-order chi connectivity index (χ0) is 17.2. The van der Waals surface area contributed by atoms with Crippen molar-refractivity contribution in [3.8, 4) is 6.07 Å². The van der Waals surface area contributed by atoms with Crippen LogP contribution in [0.25, 0.3) is 0 Å². The minimum absolute atomic E-state index is 0.117. The van der Waals surface area contributed by atoms with E-state index < -0.39 is 9.84 Å². The second kappa shape index (κ2) is 6.99. The molecular weight excluding hydrogens is 338 g/mol. The predicted molar refractivity (Wildman–Crippen MR) is 88.4 cm³/mol. The molecule has 2 aliphatic rings. The van der Waals surface area contributed by atoms with Gasteiger partial charge < -0.3 is 10.2 Å². The van der Waals surface area contributed by atoms with Crippen LogP contribution in [0, 0.1) is 11.3 Å². The molecule has 3 rings (SSSR count). The van der Waals surface area contributed by atoms with Crippen molar-refractivity contribution in [1.29, 1.82) is 5.26 Å². The van der Waals surface area contributed by atoms with Gasteiger partial charge in [-0.3, -0.25) is 0 Å². The lowest BCUT2D eigenvalue weighted by atomic mass is 10.2. The molecule has 1 N–H and O–H groups in total. The number of halogens is 1. The molecule has 1 unspecified atom stereocenters. The van der Waals surface area contributed by atoms with Crippen molar-refractivity contribution < 1.29 is 8.42 Å². The van der Waals surface area contributed by atoms with Crippen LogP contribution in [-0.4, -0.2) is 49.8 Å². The van der Waals surface area contributed by atoms with Gasteiger partial charge in [0, 0.05) is 31.4 Å². The Labute approximate surface area is 141 Å². The van der Waals surface area contributed by atoms with E-state index in [1.165, 1.54) is 0 Å². The van der Waals surface area contributed by atoms with E-state index in [0.29, 0.717) is 31.0 Å². The van der Waals surface area contributed by atoms with Gasteiger partial charge in [0.15, 0.2) is 11.0 Å². The van der Waals surface area contributed by atoms with E-state index in [4.69, 9.17) is 11.6 Å². The highest BCUT2D eigenvalue weighted by molar-refractivity contribution is 7.90. The van der Waals surface area contributed by atoms with Gasteiger partial charge in [-0.2, -0.15) is 10.2 Å². The topological polar surface area (TPSA) is 99.0 Å². The van der Waals surface area contributed by atoms with E-state index in [1.807, 2.05) is 24.8 Å². The molecule has 2 atom stereocenters. The number of hydrogen-bond donors (Lipinski definition) is 1. The Kier molecular flexibility index (Phi) is 5.45. The number of piperazine rings is 1. The molecule has 2 saturated heterocycles. The summed E-state index contributed by atoms with van der Waals surface area (Å²) in [5, 5.41) is 12.3. The van der Waals surface area contributed by atoms with Crippen molar-refractivity contribution in [2.75, 3.05) is 24.2 Å². The fourth-order valence-corrected chi connectivity index (χ4v) is 3.63. The minimum atomic E-state index is -3.58. The third-order valence-corrected chi connectivity index (χ3v) is 4.90. The first-order chi connectivity index (χ1) is 10.9. The predicted octanol–water partition coefficient (Wildman–Crippen LogP) is 1.37. The van der Waals surface area contributed by atoms with Gasteiger partial charge in [-0.15, -0.1) is 0 Å². The van der Waals surface area contributed by atoms with Crippen LogP contribution in [0.2, 0.25) is 5.15 Å². The van der Waals surface area contributed by atoms with Crippen molar-refractivity contribution in [2.24, 2.45) is 0 Å². The highest BCUT2D eigenvalue weighted by Gasteiger charge is 2.34. The van der Waals surface area contributed by atoms with Crippen LogP contribution in [-0.2, 0) is 9.84 Å². The summed E-state index contributed by atoms with van der Waals surface area (Å²) in [6.45, 7) is 5.36. The Morgan fingerprint density at radius 1 is 1.26 bits per heavy atom. The van der Waals surface area contributed by atoms with Crippen LogP contribution in [0.5, 0.6) is 0 Å². The first-order valence-electron chi connectivity index (χ1n) is 7.57. The summed E-state index contributed by atoms with van der Waals surface area (Å²) in [6.07, 6.45) is 3.16. The fraction of sp³-hybridized carbons (Fsp3) is 0.643. The van der Waals surface area contributed by atoms with Crippen LogP contribution in [0.15, 0.2) is 5.16 Å². The second-order valence-corrected chi connectivity index (χ2v) is 7.69. The molecule has 2 fully saturated rings. The quantitative estimate of drug-likeness (QED) is 0.630. The summed E-state index contributed by atoms with van der Waals surface area (Å²) in [6, 6.07) is 2.65. The summed E-state index contributed by atoms with van der Waals surface area (Å²) in [5.41, 5.74) is 0.130. The van der Waals surface area contributed by atoms with Gasteiger partial charge in [0.2, 0.25) is 15.0 Å². The van der Waals surface area contributed by atoms with Crippen LogP contribution in [0.3, 0.4) is 0 Å². The molecule has 1 aromatic heterocycles. The monoisotopic (exact) mass is 357 g/mol. The summed E-state index contributed by atoms with van der Waals surface area (Å²) >= 11 is 5.97. The number of aromatic nitrogens is 2. The van der Waals surface area contributed by atoms with Gasteiger partial charge in [-0.05, 0) is 12.8 Å². The third kappa shape index (κ3) is 3.74. The minimum Gasteiger partial charge on any atom is -0.352 e. The van der Waals surface area contributed by atoms with Crippen molar-refractivity contribution in [3.05, 3.63) is 10.7 Å². The van der Waals surface area contributed by atoms with E-state index in [1.54, 1.807) is 0 Å². The Bertz CT molecular complexity index is 719. The maximum Gasteiger partial charge on any atom is 0.250 e. The lowest BCUT2D eigenvalue weighted by Gasteiger charge is -2.34. The first kappa shape index (κ1) is 17.9. The van der Waals surface area contributed by atoms with Crippen molar-refractivity contribution in [3.63, 3.8) is 0 Å².